The summed E-state index contributed by atoms with van der Waals surface area (Å²) in [6, 6.07) is 16.6. The van der Waals surface area contributed by atoms with E-state index in [1.165, 1.54) is 6.07 Å². The summed E-state index contributed by atoms with van der Waals surface area (Å²) in [5.74, 6) is 0.490. The normalized spacial score (nSPS) is 16.4. The highest BCUT2D eigenvalue weighted by Crippen LogP contribution is 2.37. The fraction of sp³-hybridized carbons (Fsp3) is 0.292. The number of nitrogens with one attached hydrogen (secondary N) is 1. The van der Waals surface area contributed by atoms with Crippen LogP contribution in [-0.4, -0.2) is 35.6 Å². The zero-order chi connectivity index (χ0) is 22.7. The molecule has 0 fully saturated rings. The van der Waals surface area contributed by atoms with Crippen molar-refractivity contribution in [2.45, 2.75) is 25.3 Å². The highest BCUT2D eigenvalue weighted by atomic mass is 19.4. The van der Waals surface area contributed by atoms with Gasteiger partial charge in [0.2, 0.25) is 5.91 Å². The number of methoxy groups -OCH3 is 1. The Bertz CT molecular complexity index is 1090. The summed E-state index contributed by atoms with van der Waals surface area (Å²) in [6.45, 7) is 1.55. The standard InChI is InChI=1S/C24H24F3N3O2/c1-32-21-10-3-2-8-19(21)23-20-9-5-11-29(20)12-13-30(23)16-22(31)28-15-17-6-4-7-18(14-17)24(25,26)27/h2-11,14,23H,12-13,15-16H2,1H3,(H,28,31). The Hall–Kier alpha value is -3.26. The Balaban J connectivity index is 1.50. The van der Waals surface area contributed by atoms with Gasteiger partial charge < -0.3 is 14.6 Å². The molecule has 5 nitrogen and oxygen atoms in total. The quantitative estimate of drug-likeness (QED) is 0.620. The summed E-state index contributed by atoms with van der Waals surface area (Å²) in [4.78, 5) is 14.8. The molecule has 0 radical (unpaired) electrons. The molecular formula is C24H24F3N3O2. The Labute approximate surface area is 184 Å². The lowest BCUT2D eigenvalue weighted by atomic mass is 9.99. The number of hydrogen-bond donors (Lipinski definition) is 1. The number of ether oxygens (including phenoxy) is 1. The van der Waals surface area contributed by atoms with Crippen LogP contribution in [0.25, 0.3) is 0 Å². The topological polar surface area (TPSA) is 46.5 Å². The van der Waals surface area contributed by atoms with Gasteiger partial charge in [0.15, 0.2) is 0 Å². The van der Waals surface area contributed by atoms with Crippen LogP contribution in [0.15, 0.2) is 66.9 Å². The van der Waals surface area contributed by atoms with Gasteiger partial charge in [-0.1, -0.05) is 30.3 Å². The molecule has 1 amide bonds. The molecule has 168 valence electrons. The number of halogens is 3. The van der Waals surface area contributed by atoms with E-state index in [1.807, 2.05) is 42.6 Å². The van der Waals surface area contributed by atoms with Gasteiger partial charge in [0.25, 0.3) is 0 Å². The molecule has 0 saturated carbocycles. The lowest BCUT2D eigenvalue weighted by molar-refractivity contribution is -0.137. The second-order valence-electron chi connectivity index (χ2n) is 7.72. The maximum Gasteiger partial charge on any atom is 0.416 e. The van der Waals surface area contributed by atoms with Crippen LogP contribution in [0, 0.1) is 0 Å². The molecule has 0 spiro atoms. The van der Waals surface area contributed by atoms with Gasteiger partial charge in [-0.25, -0.2) is 0 Å². The number of hydrogen-bond acceptors (Lipinski definition) is 3. The maximum absolute atomic E-state index is 12.9. The van der Waals surface area contributed by atoms with Crippen molar-refractivity contribution in [3.8, 4) is 5.75 Å². The number of rotatable bonds is 6. The molecule has 1 aliphatic rings. The van der Waals surface area contributed by atoms with Crippen molar-refractivity contribution in [1.29, 1.82) is 0 Å². The number of carbonyl (C=O) groups is 1. The number of carbonyl (C=O) groups excluding carboxylic acids is 1. The van der Waals surface area contributed by atoms with Crippen molar-refractivity contribution in [3.05, 3.63) is 89.2 Å². The van der Waals surface area contributed by atoms with Gasteiger partial charge in [-0.2, -0.15) is 13.2 Å². The molecule has 1 unspecified atom stereocenters. The number of para-hydroxylation sites is 1. The highest BCUT2D eigenvalue weighted by Gasteiger charge is 2.32. The van der Waals surface area contributed by atoms with Crippen LogP contribution < -0.4 is 10.1 Å². The minimum Gasteiger partial charge on any atom is -0.496 e. The largest absolute Gasteiger partial charge is 0.496 e. The average molecular weight is 443 g/mol. The molecule has 2 heterocycles. The van der Waals surface area contributed by atoms with Crippen molar-refractivity contribution in [2.75, 3.05) is 20.2 Å². The smallest absolute Gasteiger partial charge is 0.416 e. The summed E-state index contributed by atoms with van der Waals surface area (Å²) in [7, 11) is 1.62. The first-order valence-electron chi connectivity index (χ1n) is 10.3. The molecule has 4 rings (SSSR count). The molecule has 1 aromatic heterocycles. The predicted octanol–water partition coefficient (Wildman–Crippen LogP) is 4.24. The number of benzene rings is 2. The first-order chi connectivity index (χ1) is 15.4. The number of aromatic nitrogens is 1. The molecule has 2 aromatic carbocycles. The third-order valence-corrected chi connectivity index (χ3v) is 5.66. The molecule has 1 N–H and O–H groups in total. The molecule has 0 aliphatic carbocycles. The summed E-state index contributed by atoms with van der Waals surface area (Å²) in [6.07, 6.45) is -2.40. The molecule has 1 aliphatic heterocycles. The third-order valence-electron chi connectivity index (χ3n) is 5.66. The lowest BCUT2D eigenvalue weighted by Crippen LogP contribution is -2.44. The van der Waals surface area contributed by atoms with Crippen LogP contribution in [0.1, 0.15) is 28.4 Å². The van der Waals surface area contributed by atoms with Gasteiger partial charge in [0, 0.05) is 37.1 Å². The van der Waals surface area contributed by atoms with Crippen LogP contribution in [0.2, 0.25) is 0 Å². The first-order valence-corrected chi connectivity index (χ1v) is 10.3. The number of fused-ring (bicyclic) bond motifs is 1. The van der Waals surface area contributed by atoms with E-state index in [0.29, 0.717) is 12.1 Å². The number of nitrogens with zero attached hydrogens (tertiary/aromatic N) is 2. The molecule has 0 bridgehead atoms. The Morgan fingerprint density at radius 2 is 1.91 bits per heavy atom. The van der Waals surface area contributed by atoms with Gasteiger partial charge in [-0.05, 0) is 35.9 Å². The predicted molar refractivity (Wildman–Crippen MR) is 114 cm³/mol. The van der Waals surface area contributed by atoms with Crippen molar-refractivity contribution in [2.24, 2.45) is 0 Å². The average Bonchev–Trinajstić information content (AvgIpc) is 3.26. The molecule has 8 heteroatoms. The van der Waals surface area contributed by atoms with Crippen LogP contribution in [0.4, 0.5) is 13.2 Å². The summed E-state index contributed by atoms with van der Waals surface area (Å²) in [5.41, 5.74) is 1.70. The fourth-order valence-electron chi connectivity index (χ4n) is 4.15. The van der Waals surface area contributed by atoms with Gasteiger partial charge >= 0.3 is 6.18 Å². The van der Waals surface area contributed by atoms with Crippen molar-refractivity contribution in [3.63, 3.8) is 0 Å². The summed E-state index contributed by atoms with van der Waals surface area (Å²) >= 11 is 0. The Kier molecular flexibility index (Phi) is 6.23. The first kappa shape index (κ1) is 22.0. The maximum atomic E-state index is 12.9. The highest BCUT2D eigenvalue weighted by molar-refractivity contribution is 5.78. The zero-order valence-corrected chi connectivity index (χ0v) is 17.6. The SMILES string of the molecule is COc1ccccc1C1c2cccn2CCN1CC(=O)NCc1cccc(C(F)(F)F)c1. The summed E-state index contributed by atoms with van der Waals surface area (Å²) in [5, 5.41) is 2.76. The Morgan fingerprint density at radius 3 is 2.69 bits per heavy atom. The van der Waals surface area contributed by atoms with E-state index in [0.717, 1.165) is 35.7 Å². The molecule has 32 heavy (non-hydrogen) atoms. The Morgan fingerprint density at radius 1 is 1.09 bits per heavy atom. The molecule has 0 saturated heterocycles. The van der Waals surface area contributed by atoms with E-state index in [9.17, 15) is 18.0 Å². The van der Waals surface area contributed by atoms with Gasteiger partial charge in [0.1, 0.15) is 5.75 Å². The van der Waals surface area contributed by atoms with E-state index in [1.54, 1.807) is 13.2 Å². The van der Waals surface area contributed by atoms with Crippen molar-refractivity contribution in [1.82, 2.24) is 14.8 Å². The molecular weight excluding hydrogens is 419 g/mol. The second kappa shape index (κ2) is 9.08. The van der Waals surface area contributed by atoms with Crippen LogP contribution in [0.5, 0.6) is 5.75 Å². The van der Waals surface area contributed by atoms with Gasteiger partial charge in [-0.3, -0.25) is 9.69 Å². The third kappa shape index (κ3) is 4.65. The second-order valence-corrected chi connectivity index (χ2v) is 7.72. The van der Waals surface area contributed by atoms with Gasteiger partial charge in [0.05, 0.1) is 25.3 Å². The van der Waals surface area contributed by atoms with Crippen molar-refractivity contribution >= 4 is 5.91 Å². The monoisotopic (exact) mass is 443 g/mol. The van der Waals surface area contributed by atoms with Crippen LogP contribution in [0.3, 0.4) is 0 Å². The van der Waals surface area contributed by atoms with E-state index in [2.05, 4.69) is 14.8 Å². The molecule has 1 atom stereocenters. The van der Waals surface area contributed by atoms with Gasteiger partial charge in [-0.15, -0.1) is 0 Å². The van der Waals surface area contributed by atoms with Crippen molar-refractivity contribution < 1.29 is 22.7 Å². The summed E-state index contributed by atoms with van der Waals surface area (Å²) < 4.78 is 46.5. The van der Waals surface area contributed by atoms with Crippen LogP contribution in [-0.2, 0) is 24.1 Å². The zero-order valence-electron chi connectivity index (χ0n) is 17.6. The minimum atomic E-state index is -4.41. The van der Waals surface area contributed by atoms with E-state index >= 15 is 0 Å². The molecule has 3 aromatic rings. The van der Waals surface area contributed by atoms with Crippen LogP contribution >= 0.6 is 0 Å². The minimum absolute atomic E-state index is 0.0340. The fourth-order valence-corrected chi connectivity index (χ4v) is 4.15. The van der Waals surface area contributed by atoms with E-state index in [4.69, 9.17) is 4.74 Å². The lowest BCUT2D eigenvalue weighted by Gasteiger charge is -2.37. The number of alkyl halides is 3. The number of amides is 1. The van der Waals surface area contributed by atoms with E-state index < -0.39 is 11.7 Å². The van der Waals surface area contributed by atoms with E-state index in [-0.39, 0.29) is 25.0 Å².